The molecule has 0 aromatic heterocycles. The summed E-state index contributed by atoms with van der Waals surface area (Å²) < 4.78 is 18.6. The van der Waals surface area contributed by atoms with Crippen molar-refractivity contribution in [2.75, 3.05) is 13.2 Å². The minimum Gasteiger partial charge on any atom is -0.494 e. The van der Waals surface area contributed by atoms with Crippen LogP contribution in [0.2, 0.25) is 0 Å². The number of aliphatic hydroxyl groups is 1. The Morgan fingerprint density at radius 1 is 1.14 bits per heavy atom. The molecule has 0 heterocycles. The molecule has 0 aliphatic heterocycles. The summed E-state index contributed by atoms with van der Waals surface area (Å²) in [5.41, 5.74) is 1.56. The highest BCUT2D eigenvalue weighted by Gasteiger charge is 2.26. The molecule has 2 nitrogen and oxygen atoms in total. The highest BCUT2D eigenvalue weighted by Crippen LogP contribution is 2.29. The van der Waals surface area contributed by atoms with Gasteiger partial charge in [0.1, 0.15) is 11.6 Å². The lowest BCUT2D eigenvalue weighted by Crippen LogP contribution is -2.29. The fraction of sp³-hybridized carbons (Fsp3) is 0.333. The summed E-state index contributed by atoms with van der Waals surface area (Å²) >= 11 is 0. The summed E-state index contributed by atoms with van der Waals surface area (Å²) in [6, 6.07) is 14.2. The largest absolute Gasteiger partial charge is 0.494 e. The van der Waals surface area contributed by atoms with E-state index < -0.39 is 5.41 Å². The standard InChI is InChI=1S/C18H21FO2/c1-3-21-17-6-4-5-14(11-17)12-18(2,13-20)15-7-9-16(19)10-8-15/h4-11,20H,3,12-13H2,1-2H3. The Bertz CT molecular complexity index is 580. The summed E-state index contributed by atoms with van der Waals surface area (Å²) in [6.07, 6.45) is 0.663. The second kappa shape index (κ2) is 6.72. The van der Waals surface area contributed by atoms with Crippen LogP contribution in [0.15, 0.2) is 48.5 Å². The molecule has 0 fully saturated rings. The molecule has 0 spiro atoms. The number of halogens is 1. The van der Waals surface area contributed by atoms with Crippen molar-refractivity contribution in [2.45, 2.75) is 25.7 Å². The Kier molecular flexibility index (Phi) is 4.97. The number of benzene rings is 2. The Balaban J connectivity index is 2.25. The predicted molar refractivity (Wildman–Crippen MR) is 82.2 cm³/mol. The van der Waals surface area contributed by atoms with Gasteiger partial charge in [-0.1, -0.05) is 31.2 Å². The van der Waals surface area contributed by atoms with Gasteiger partial charge in [-0.15, -0.1) is 0 Å². The highest BCUT2D eigenvalue weighted by atomic mass is 19.1. The van der Waals surface area contributed by atoms with Crippen molar-refractivity contribution in [2.24, 2.45) is 0 Å². The van der Waals surface area contributed by atoms with Gasteiger partial charge in [-0.25, -0.2) is 4.39 Å². The highest BCUT2D eigenvalue weighted by molar-refractivity contribution is 5.33. The van der Waals surface area contributed by atoms with Crippen LogP contribution in [-0.4, -0.2) is 18.3 Å². The molecule has 2 aromatic carbocycles. The zero-order valence-electron chi connectivity index (χ0n) is 12.5. The van der Waals surface area contributed by atoms with Gasteiger partial charge in [0.15, 0.2) is 0 Å². The minimum absolute atomic E-state index is 0.00249. The molecule has 2 aromatic rings. The molecule has 0 amide bonds. The van der Waals surface area contributed by atoms with Crippen molar-refractivity contribution in [3.8, 4) is 5.75 Å². The van der Waals surface area contributed by atoms with Gasteiger partial charge >= 0.3 is 0 Å². The maximum atomic E-state index is 13.1. The zero-order chi connectivity index (χ0) is 15.3. The molecule has 0 saturated heterocycles. The van der Waals surface area contributed by atoms with Crippen LogP contribution < -0.4 is 4.74 Å². The van der Waals surface area contributed by atoms with Crippen LogP contribution in [-0.2, 0) is 11.8 Å². The van der Waals surface area contributed by atoms with E-state index in [1.165, 1.54) is 12.1 Å². The topological polar surface area (TPSA) is 29.5 Å². The molecule has 21 heavy (non-hydrogen) atoms. The van der Waals surface area contributed by atoms with Crippen LogP contribution in [0.4, 0.5) is 4.39 Å². The Labute approximate surface area is 125 Å². The molecule has 1 N–H and O–H groups in total. The number of ether oxygens (including phenoxy) is 1. The third-order valence-electron chi connectivity index (χ3n) is 3.69. The van der Waals surface area contributed by atoms with E-state index in [1.807, 2.05) is 38.1 Å². The minimum atomic E-state index is -0.446. The van der Waals surface area contributed by atoms with Crippen molar-refractivity contribution in [1.82, 2.24) is 0 Å². The lowest BCUT2D eigenvalue weighted by atomic mass is 9.78. The van der Waals surface area contributed by atoms with Gasteiger partial charge in [0.05, 0.1) is 13.2 Å². The van der Waals surface area contributed by atoms with Crippen molar-refractivity contribution >= 4 is 0 Å². The second-order valence-corrected chi connectivity index (χ2v) is 5.48. The lowest BCUT2D eigenvalue weighted by molar-refractivity contribution is 0.204. The molecular weight excluding hydrogens is 267 g/mol. The molecule has 1 unspecified atom stereocenters. The maximum Gasteiger partial charge on any atom is 0.123 e. The first kappa shape index (κ1) is 15.5. The summed E-state index contributed by atoms with van der Waals surface area (Å²) in [7, 11) is 0. The molecule has 0 aliphatic carbocycles. The van der Waals surface area contributed by atoms with E-state index in [0.717, 1.165) is 16.9 Å². The first-order chi connectivity index (χ1) is 10.1. The third-order valence-corrected chi connectivity index (χ3v) is 3.69. The van der Waals surface area contributed by atoms with Crippen LogP contribution in [0.5, 0.6) is 5.75 Å². The van der Waals surface area contributed by atoms with Crippen molar-refractivity contribution in [3.05, 3.63) is 65.5 Å². The van der Waals surface area contributed by atoms with Crippen LogP contribution >= 0.6 is 0 Å². The van der Waals surface area contributed by atoms with E-state index in [4.69, 9.17) is 4.74 Å². The molecule has 0 bridgehead atoms. The summed E-state index contributed by atoms with van der Waals surface area (Å²) in [6.45, 7) is 4.55. The number of hydrogen-bond donors (Lipinski definition) is 1. The Morgan fingerprint density at radius 3 is 2.48 bits per heavy atom. The van der Waals surface area contributed by atoms with Gasteiger partial charge < -0.3 is 9.84 Å². The van der Waals surface area contributed by atoms with Crippen molar-refractivity contribution < 1.29 is 14.2 Å². The fourth-order valence-corrected chi connectivity index (χ4v) is 2.46. The fourth-order valence-electron chi connectivity index (χ4n) is 2.46. The van der Waals surface area contributed by atoms with E-state index in [0.29, 0.717) is 13.0 Å². The first-order valence-electron chi connectivity index (χ1n) is 7.16. The van der Waals surface area contributed by atoms with E-state index in [1.54, 1.807) is 12.1 Å². The summed E-state index contributed by atoms with van der Waals surface area (Å²) in [5, 5.41) is 9.82. The maximum absolute atomic E-state index is 13.1. The van der Waals surface area contributed by atoms with Gasteiger partial charge in [0, 0.05) is 5.41 Å². The third kappa shape index (κ3) is 3.82. The predicted octanol–water partition coefficient (Wildman–Crippen LogP) is 3.72. The lowest BCUT2D eigenvalue weighted by Gasteiger charge is -2.28. The second-order valence-electron chi connectivity index (χ2n) is 5.48. The molecule has 0 radical (unpaired) electrons. The molecule has 2 rings (SSSR count). The number of hydrogen-bond acceptors (Lipinski definition) is 2. The van der Waals surface area contributed by atoms with Crippen LogP contribution in [0.1, 0.15) is 25.0 Å². The van der Waals surface area contributed by atoms with Gasteiger partial charge in [0.2, 0.25) is 0 Å². The van der Waals surface area contributed by atoms with Crippen LogP contribution in [0, 0.1) is 5.82 Å². The zero-order valence-corrected chi connectivity index (χ0v) is 12.5. The molecule has 0 saturated carbocycles. The average Bonchev–Trinajstić information content (AvgIpc) is 2.48. The van der Waals surface area contributed by atoms with E-state index in [9.17, 15) is 9.50 Å². The van der Waals surface area contributed by atoms with E-state index in [2.05, 4.69) is 0 Å². The van der Waals surface area contributed by atoms with Gasteiger partial charge in [0.25, 0.3) is 0 Å². The van der Waals surface area contributed by atoms with Crippen LogP contribution in [0.25, 0.3) is 0 Å². The van der Waals surface area contributed by atoms with Gasteiger partial charge in [-0.3, -0.25) is 0 Å². The van der Waals surface area contributed by atoms with Crippen molar-refractivity contribution in [1.29, 1.82) is 0 Å². The quantitative estimate of drug-likeness (QED) is 0.878. The van der Waals surface area contributed by atoms with Gasteiger partial charge in [-0.2, -0.15) is 0 Å². The van der Waals surface area contributed by atoms with E-state index in [-0.39, 0.29) is 12.4 Å². The van der Waals surface area contributed by atoms with Gasteiger partial charge in [-0.05, 0) is 48.7 Å². The van der Waals surface area contributed by atoms with E-state index >= 15 is 0 Å². The average molecular weight is 288 g/mol. The molecule has 1 atom stereocenters. The molecule has 0 aliphatic rings. The summed E-state index contributed by atoms with van der Waals surface area (Å²) in [4.78, 5) is 0. The monoisotopic (exact) mass is 288 g/mol. The molecule has 3 heteroatoms. The smallest absolute Gasteiger partial charge is 0.123 e. The molecular formula is C18H21FO2. The summed E-state index contributed by atoms with van der Waals surface area (Å²) in [5.74, 6) is 0.562. The Hall–Kier alpha value is -1.87. The SMILES string of the molecule is CCOc1cccc(CC(C)(CO)c2ccc(F)cc2)c1. The van der Waals surface area contributed by atoms with Crippen LogP contribution in [0.3, 0.4) is 0 Å². The van der Waals surface area contributed by atoms with Crippen molar-refractivity contribution in [3.63, 3.8) is 0 Å². The first-order valence-corrected chi connectivity index (χ1v) is 7.16. The Morgan fingerprint density at radius 2 is 1.86 bits per heavy atom. The normalized spacial score (nSPS) is 13.7. The number of aliphatic hydroxyl groups excluding tert-OH is 1. The number of rotatable bonds is 6. The molecule has 112 valence electrons.